The minimum atomic E-state index is 0.231. The largest absolute Gasteiger partial charge is 0.493 e. The number of aromatic hydroxyl groups is 1. The molecule has 6 heteroatoms. The summed E-state index contributed by atoms with van der Waals surface area (Å²) in [6.45, 7) is 0. The van der Waals surface area contributed by atoms with E-state index < -0.39 is 0 Å². The average molecular weight is 375 g/mol. The molecular weight excluding hydrogens is 350 g/mol. The van der Waals surface area contributed by atoms with Gasteiger partial charge in [-0.1, -0.05) is 12.1 Å². The van der Waals surface area contributed by atoms with Crippen LogP contribution in [-0.2, 0) is 19.3 Å². The van der Waals surface area contributed by atoms with Crippen molar-refractivity contribution < 1.29 is 5.11 Å². The van der Waals surface area contributed by atoms with Crippen molar-refractivity contribution in [2.24, 2.45) is 0 Å². The summed E-state index contributed by atoms with van der Waals surface area (Å²) in [7, 11) is 2.21. The summed E-state index contributed by atoms with van der Waals surface area (Å²) < 4.78 is 1.57. The fourth-order valence-corrected chi connectivity index (χ4v) is 4.76. The number of fused-ring (bicyclic) bond motifs is 2. The van der Waals surface area contributed by atoms with E-state index in [-0.39, 0.29) is 5.88 Å². The van der Waals surface area contributed by atoms with Crippen LogP contribution in [0.3, 0.4) is 0 Å². The van der Waals surface area contributed by atoms with Gasteiger partial charge >= 0.3 is 0 Å². The molecule has 1 N–H and O–H groups in total. The predicted molar refractivity (Wildman–Crippen MR) is 107 cm³/mol. The van der Waals surface area contributed by atoms with E-state index in [1.54, 1.807) is 10.9 Å². The number of rotatable bonds is 3. The molecule has 6 nitrogen and oxygen atoms in total. The molecule has 144 valence electrons. The SMILES string of the molecule is CN(C1CCc2nn(-c3ccccn3)c(O)c2C1)C1CCCc2cccnc21. The highest BCUT2D eigenvalue weighted by molar-refractivity contribution is 5.39. The molecule has 3 aromatic rings. The fourth-order valence-electron chi connectivity index (χ4n) is 4.76. The number of nitrogens with zero attached hydrogens (tertiary/aromatic N) is 5. The molecule has 2 aliphatic rings. The van der Waals surface area contributed by atoms with Crippen molar-refractivity contribution in [1.29, 1.82) is 0 Å². The molecule has 2 atom stereocenters. The maximum atomic E-state index is 10.8. The highest BCUT2D eigenvalue weighted by Crippen LogP contribution is 2.37. The van der Waals surface area contributed by atoms with Gasteiger partial charge in [0, 0.05) is 24.0 Å². The second-order valence-electron chi connectivity index (χ2n) is 7.87. The molecule has 0 radical (unpaired) electrons. The first-order valence-electron chi connectivity index (χ1n) is 10.1. The van der Waals surface area contributed by atoms with Crippen LogP contribution < -0.4 is 0 Å². The molecule has 0 spiro atoms. The van der Waals surface area contributed by atoms with Crippen LogP contribution in [0.25, 0.3) is 5.82 Å². The summed E-state index contributed by atoms with van der Waals surface area (Å²) >= 11 is 0. The van der Waals surface area contributed by atoms with Gasteiger partial charge in [-0.05, 0) is 69.3 Å². The summed E-state index contributed by atoms with van der Waals surface area (Å²) in [4.78, 5) is 11.5. The van der Waals surface area contributed by atoms with E-state index in [2.05, 4.69) is 28.1 Å². The molecule has 28 heavy (non-hydrogen) atoms. The van der Waals surface area contributed by atoms with Crippen molar-refractivity contribution in [2.45, 2.75) is 50.6 Å². The number of pyridine rings is 2. The smallest absolute Gasteiger partial charge is 0.219 e. The van der Waals surface area contributed by atoms with Gasteiger partial charge in [-0.25, -0.2) is 4.98 Å². The zero-order valence-electron chi connectivity index (χ0n) is 16.1. The van der Waals surface area contributed by atoms with Gasteiger partial charge < -0.3 is 5.11 Å². The van der Waals surface area contributed by atoms with E-state index >= 15 is 0 Å². The van der Waals surface area contributed by atoms with Crippen molar-refractivity contribution in [2.75, 3.05) is 7.05 Å². The summed E-state index contributed by atoms with van der Waals surface area (Å²) in [5, 5.41) is 15.5. The number of aryl methyl sites for hydroxylation is 2. The molecule has 0 bridgehead atoms. The van der Waals surface area contributed by atoms with Crippen molar-refractivity contribution in [1.82, 2.24) is 24.6 Å². The molecule has 2 aliphatic carbocycles. The summed E-state index contributed by atoms with van der Waals surface area (Å²) in [6.07, 6.45) is 9.83. The molecule has 5 rings (SSSR count). The quantitative estimate of drug-likeness (QED) is 0.761. The molecule has 2 unspecified atom stereocenters. The Hall–Kier alpha value is -2.73. The Bertz CT molecular complexity index is 984. The Labute approximate surface area is 164 Å². The third kappa shape index (κ3) is 2.88. The van der Waals surface area contributed by atoms with Gasteiger partial charge in [0.1, 0.15) is 0 Å². The van der Waals surface area contributed by atoms with E-state index in [0.29, 0.717) is 17.9 Å². The Morgan fingerprint density at radius 3 is 2.82 bits per heavy atom. The van der Waals surface area contributed by atoms with Crippen LogP contribution in [0.5, 0.6) is 5.88 Å². The van der Waals surface area contributed by atoms with Gasteiger partial charge in [-0.15, -0.1) is 0 Å². The van der Waals surface area contributed by atoms with E-state index in [0.717, 1.165) is 43.4 Å². The van der Waals surface area contributed by atoms with E-state index in [1.165, 1.54) is 17.7 Å². The van der Waals surface area contributed by atoms with Crippen LogP contribution in [0, 0.1) is 0 Å². The number of aromatic nitrogens is 4. The zero-order valence-corrected chi connectivity index (χ0v) is 16.1. The minimum Gasteiger partial charge on any atom is -0.493 e. The molecule has 0 aliphatic heterocycles. The van der Waals surface area contributed by atoms with Crippen molar-refractivity contribution in [3.8, 4) is 11.7 Å². The van der Waals surface area contributed by atoms with Crippen molar-refractivity contribution in [3.63, 3.8) is 0 Å². The first kappa shape index (κ1) is 17.4. The first-order chi connectivity index (χ1) is 13.7. The maximum absolute atomic E-state index is 10.8. The van der Waals surface area contributed by atoms with Crippen LogP contribution in [-0.4, -0.2) is 42.8 Å². The normalized spacial score (nSPS) is 21.4. The fraction of sp³-hybridized carbons (Fsp3) is 0.409. The summed E-state index contributed by atoms with van der Waals surface area (Å²) in [5.41, 5.74) is 4.57. The minimum absolute atomic E-state index is 0.231. The lowest BCUT2D eigenvalue weighted by Gasteiger charge is -2.39. The second kappa shape index (κ2) is 7.02. The van der Waals surface area contributed by atoms with Crippen LogP contribution in [0.2, 0.25) is 0 Å². The maximum Gasteiger partial charge on any atom is 0.219 e. The number of likely N-dealkylation sites (N-methyl/N-ethyl adjacent to an activating group) is 1. The molecule has 0 aromatic carbocycles. The topological polar surface area (TPSA) is 67.1 Å². The zero-order chi connectivity index (χ0) is 19.1. The number of hydrogen-bond donors (Lipinski definition) is 1. The average Bonchev–Trinajstić information content (AvgIpc) is 3.09. The third-order valence-electron chi connectivity index (χ3n) is 6.29. The monoisotopic (exact) mass is 375 g/mol. The molecule has 0 fully saturated rings. The lowest BCUT2D eigenvalue weighted by Crippen LogP contribution is -2.40. The third-order valence-corrected chi connectivity index (χ3v) is 6.29. The Kier molecular flexibility index (Phi) is 4.36. The van der Waals surface area contributed by atoms with Gasteiger partial charge in [0.05, 0.1) is 17.4 Å². The van der Waals surface area contributed by atoms with Crippen molar-refractivity contribution in [3.05, 3.63) is 65.2 Å². The van der Waals surface area contributed by atoms with Gasteiger partial charge in [0.25, 0.3) is 0 Å². The lowest BCUT2D eigenvalue weighted by molar-refractivity contribution is 0.140. The predicted octanol–water partition coefficient (Wildman–Crippen LogP) is 3.23. The van der Waals surface area contributed by atoms with Crippen LogP contribution >= 0.6 is 0 Å². The van der Waals surface area contributed by atoms with E-state index in [4.69, 9.17) is 4.98 Å². The highest BCUT2D eigenvalue weighted by atomic mass is 16.3. The summed E-state index contributed by atoms with van der Waals surface area (Å²) in [5.74, 6) is 0.888. The van der Waals surface area contributed by atoms with Crippen LogP contribution in [0.1, 0.15) is 47.8 Å². The van der Waals surface area contributed by atoms with Gasteiger partial charge in [-0.2, -0.15) is 9.78 Å². The molecule has 0 amide bonds. The van der Waals surface area contributed by atoms with Crippen LogP contribution in [0.4, 0.5) is 0 Å². The van der Waals surface area contributed by atoms with Crippen LogP contribution in [0.15, 0.2) is 42.7 Å². The summed E-state index contributed by atoms with van der Waals surface area (Å²) in [6, 6.07) is 10.6. The molecule has 3 heterocycles. The number of hydrogen-bond acceptors (Lipinski definition) is 5. The molecule has 0 saturated carbocycles. The lowest BCUT2D eigenvalue weighted by atomic mass is 9.87. The van der Waals surface area contributed by atoms with Gasteiger partial charge in [0.15, 0.2) is 5.82 Å². The molecular formula is C22H25N5O. The van der Waals surface area contributed by atoms with E-state index in [1.807, 2.05) is 30.5 Å². The van der Waals surface area contributed by atoms with Crippen molar-refractivity contribution >= 4 is 0 Å². The first-order valence-corrected chi connectivity index (χ1v) is 10.1. The van der Waals surface area contributed by atoms with Gasteiger partial charge in [0.2, 0.25) is 5.88 Å². The van der Waals surface area contributed by atoms with Gasteiger partial charge in [-0.3, -0.25) is 9.88 Å². The second-order valence-corrected chi connectivity index (χ2v) is 7.87. The molecule has 3 aromatic heterocycles. The standard InChI is InChI=1S/C22H25N5O/c1-26(19-8-4-6-15-7-5-13-24-21(15)19)16-10-11-18-17(14-16)22(28)27(25-18)20-9-2-3-12-23-20/h2-3,5,7,9,12-13,16,19,28H,4,6,8,10-11,14H2,1H3. The Morgan fingerprint density at radius 2 is 1.96 bits per heavy atom. The molecule has 0 saturated heterocycles. The highest BCUT2D eigenvalue weighted by Gasteiger charge is 2.34. The Balaban J connectivity index is 1.41. The Morgan fingerprint density at radius 1 is 1.07 bits per heavy atom. The van der Waals surface area contributed by atoms with E-state index in [9.17, 15) is 5.11 Å².